The molecule has 5 nitrogen and oxygen atoms in total. The van der Waals surface area contributed by atoms with Crippen molar-refractivity contribution < 1.29 is 0 Å². The Hall–Kier alpha value is -1.88. The summed E-state index contributed by atoms with van der Waals surface area (Å²) in [7, 11) is 2.16. The SMILES string of the molecule is CC1CN(c2ncnc3ccc(N)cc23)CCN1C. The Morgan fingerprint density at radius 1 is 1.26 bits per heavy atom. The molecule has 1 aliphatic rings. The molecule has 1 saturated heterocycles. The molecule has 2 aromatic rings. The maximum atomic E-state index is 5.89. The van der Waals surface area contributed by atoms with Gasteiger partial charge in [-0.05, 0) is 32.2 Å². The van der Waals surface area contributed by atoms with Crippen molar-refractivity contribution in [1.82, 2.24) is 14.9 Å². The third-order valence-corrected chi connectivity index (χ3v) is 3.90. The standard InChI is InChI=1S/C14H19N5/c1-10-8-19(6-5-18(10)2)14-12-7-11(15)3-4-13(12)16-9-17-14/h3-4,7,9-10H,5-6,8,15H2,1-2H3. The number of nitrogens with two attached hydrogens (primary N) is 1. The minimum Gasteiger partial charge on any atom is -0.399 e. The summed E-state index contributed by atoms with van der Waals surface area (Å²) in [5.41, 5.74) is 7.59. The number of benzene rings is 1. The van der Waals surface area contributed by atoms with Gasteiger partial charge in [0.2, 0.25) is 0 Å². The van der Waals surface area contributed by atoms with Crippen molar-refractivity contribution in [3.8, 4) is 0 Å². The van der Waals surface area contributed by atoms with Crippen molar-refractivity contribution in [3.63, 3.8) is 0 Å². The molecule has 1 atom stereocenters. The number of piperazine rings is 1. The van der Waals surface area contributed by atoms with Crippen LogP contribution >= 0.6 is 0 Å². The topological polar surface area (TPSA) is 58.3 Å². The summed E-state index contributed by atoms with van der Waals surface area (Å²) in [6.45, 7) is 5.26. The lowest BCUT2D eigenvalue weighted by Gasteiger charge is -2.38. The van der Waals surface area contributed by atoms with Crippen LogP contribution in [0.2, 0.25) is 0 Å². The van der Waals surface area contributed by atoms with E-state index in [2.05, 4.69) is 33.7 Å². The average Bonchev–Trinajstić information content (AvgIpc) is 2.41. The van der Waals surface area contributed by atoms with Crippen LogP contribution in [0.15, 0.2) is 24.5 Å². The molecule has 0 saturated carbocycles. The van der Waals surface area contributed by atoms with Crippen molar-refractivity contribution in [2.24, 2.45) is 0 Å². The molecule has 2 N–H and O–H groups in total. The van der Waals surface area contributed by atoms with E-state index in [1.807, 2.05) is 18.2 Å². The van der Waals surface area contributed by atoms with E-state index in [9.17, 15) is 0 Å². The Balaban J connectivity index is 2.03. The fourth-order valence-corrected chi connectivity index (χ4v) is 2.55. The lowest BCUT2D eigenvalue weighted by Crippen LogP contribution is -2.50. The maximum Gasteiger partial charge on any atom is 0.140 e. The van der Waals surface area contributed by atoms with Gasteiger partial charge in [-0.2, -0.15) is 0 Å². The van der Waals surface area contributed by atoms with Crippen LogP contribution in [0.3, 0.4) is 0 Å². The number of hydrogen-bond donors (Lipinski definition) is 1. The highest BCUT2D eigenvalue weighted by Gasteiger charge is 2.22. The summed E-state index contributed by atoms with van der Waals surface area (Å²) in [6.07, 6.45) is 1.64. The second-order valence-corrected chi connectivity index (χ2v) is 5.25. The minimum atomic E-state index is 0.528. The van der Waals surface area contributed by atoms with Crippen LogP contribution in [0.1, 0.15) is 6.92 Å². The predicted octanol–water partition coefficient (Wildman–Crippen LogP) is 1.35. The van der Waals surface area contributed by atoms with E-state index in [-0.39, 0.29) is 0 Å². The quantitative estimate of drug-likeness (QED) is 0.782. The Morgan fingerprint density at radius 2 is 2.11 bits per heavy atom. The fraction of sp³-hybridized carbons (Fsp3) is 0.429. The number of nitrogen functional groups attached to an aromatic ring is 1. The molecule has 2 heterocycles. The molecular weight excluding hydrogens is 238 g/mol. The van der Waals surface area contributed by atoms with E-state index in [0.717, 1.165) is 42.0 Å². The number of anilines is 2. The smallest absolute Gasteiger partial charge is 0.140 e. The van der Waals surface area contributed by atoms with Crippen molar-refractivity contribution in [3.05, 3.63) is 24.5 Å². The first-order chi connectivity index (χ1) is 9.15. The van der Waals surface area contributed by atoms with Gasteiger partial charge in [-0.15, -0.1) is 0 Å². The number of nitrogens with zero attached hydrogens (tertiary/aromatic N) is 4. The van der Waals surface area contributed by atoms with E-state index in [4.69, 9.17) is 5.73 Å². The van der Waals surface area contributed by atoms with Crippen LogP contribution in [0.4, 0.5) is 11.5 Å². The normalized spacial score (nSPS) is 20.9. The summed E-state index contributed by atoms with van der Waals surface area (Å²) in [4.78, 5) is 13.5. The van der Waals surface area contributed by atoms with E-state index < -0.39 is 0 Å². The predicted molar refractivity (Wildman–Crippen MR) is 78.3 cm³/mol. The molecule has 3 rings (SSSR count). The first-order valence-corrected chi connectivity index (χ1v) is 6.60. The van der Waals surface area contributed by atoms with Crippen LogP contribution in [0.25, 0.3) is 10.9 Å². The molecule has 5 heteroatoms. The highest BCUT2D eigenvalue weighted by Crippen LogP contribution is 2.26. The maximum absolute atomic E-state index is 5.89. The molecule has 1 unspecified atom stereocenters. The Kier molecular flexibility index (Phi) is 2.98. The summed E-state index contributed by atoms with van der Waals surface area (Å²) in [5.74, 6) is 0.997. The molecule has 0 bridgehead atoms. The Morgan fingerprint density at radius 3 is 2.89 bits per heavy atom. The average molecular weight is 257 g/mol. The van der Waals surface area contributed by atoms with Crippen LogP contribution < -0.4 is 10.6 Å². The minimum absolute atomic E-state index is 0.528. The van der Waals surface area contributed by atoms with E-state index in [0.29, 0.717) is 6.04 Å². The first-order valence-electron chi connectivity index (χ1n) is 6.60. The fourth-order valence-electron chi connectivity index (χ4n) is 2.55. The second-order valence-electron chi connectivity index (χ2n) is 5.25. The molecule has 0 spiro atoms. The summed E-state index contributed by atoms with van der Waals surface area (Å²) in [5, 5.41) is 1.04. The van der Waals surface area contributed by atoms with Gasteiger partial charge >= 0.3 is 0 Å². The molecule has 1 aromatic heterocycles. The van der Waals surface area contributed by atoms with Crippen molar-refractivity contribution in [2.45, 2.75) is 13.0 Å². The van der Waals surface area contributed by atoms with Crippen molar-refractivity contribution in [1.29, 1.82) is 0 Å². The zero-order chi connectivity index (χ0) is 13.4. The molecular formula is C14H19N5. The Labute approximate surface area is 113 Å². The van der Waals surface area contributed by atoms with Gasteiger partial charge in [0.15, 0.2) is 0 Å². The van der Waals surface area contributed by atoms with Crippen molar-refractivity contribution >= 4 is 22.4 Å². The number of aromatic nitrogens is 2. The van der Waals surface area contributed by atoms with Gasteiger partial charge in [0.05, 0.1) is 5.52 Å². The zero-order valence-electron chi connectivity index (χ0n) is 11.4. The lowest BCUT2D eigenvalue weighted by atomic mass is 10.1. The first kappa shape index (κ1) is 12.2. The zero-order valence-corrected chi connectivity index (χ0v) is 11.4. The molecule has 0 amide bonds. The summed E-state index contributed by atoms with van der Waals surface area (Å²) < 4.78 is 0. The molecule has 100 valence electrons. The number of rotatable bonds is 1. The van der Waals surface area contributed by atoms with E-state index >= 15 is 0 Å². The highest BCUT2D eigenvalue weighted by molar-refractivity contribution is 5.91. The van der Waals surface area contributed by atoms with Gasteiger partial charge in [0.1, 0.15) is 12.1 Å². The van der Waals surface area contributed by atoms with Gasteiger partial charge in [0.25, 0.3) is 0 Å². The summed E-state index contributed by atoms with van der Waals surface area (Å²) in [6, 6.07) is 6.33. The molecule has 1 aliphatic heterocycles. The molecule has 0 radical (unpaired) electrons. The van der Waals surface area contributed by atoms with Crippen LogP contribution in [0.5, 0.6) is 0 Å². The molecule has 1 aromatic carbocycles. The number of fused-ring (bicyclic) bond motifs is 1. The van der Waals surface area contributed by atoms with Crippen LogP contribution in [-0.2, 0) is 0 Å². The van der Waals surface area contributed by atoms with Gasteiger partial charge in [0, 0.05) is 36.7 Å². The van der Waals surface area contributed by atoms with Crippen LogP contribution in [-0.4, -0.2) is 47.6 Å². The third-order valence-electron chi connectivity index (χ3n) is 3.90. The van der Waals surface area contributed by atoms with E-state index in [1.54, 1.807) is 6.33 Å². The van der Waals surface area contributed by atoms with E-state index in [1.165, 1.54) is 0 Å². The van der Waals surface area contributed by atoms with Gasteiger partial charge in [-0.25, -0.2) is 9.97 Å². The second kappa shape index (κ2) is 4.66. The lowest BCUT2D eigenvalue weighted by molar-refractivity contribution is 0.233. The molecule has 0 aliphatic carbocycles. The van der Waals surface area contributed by atoms with Crippen LogP contribution in [0, 0.1) is 0 Å². The molecule has 19 heavy (non-hydrogen) atoms. The van der Waals surface area contributed by atoms with Gasteiger partial charge < -0.3 is 15.5 Å². The largest absolute Gasteiger partial charge is 0.399 e. The molecule has 1 fully saturated rings. The Bertz CT molecular complexity index is 597. The monoisotopic (exact) mass is 257 g/mol. The highest BCUT2D eigenvalue weighted by atomic mass is 15.3. The number of likely N-dealkylation sites (N-methyl/N-ethyl adjacent to an activating group) is 1. The van der Waals surface area contributed by atoms with Crippen molar-refractivity contribution in [2.75, 3.05) is 37.3 Å². The van der Waals surface area contributed by atoms with Gasteiger partial charge in [-0.1, -0.05) is 0 Å². The van der Waals surface area contributed by atoms with Gasteiger partial charge in [-0.3, -0.25) is 0 Å². The third kappa shape index (κ3) is 2.21. The number of hydrogen-bond acceptors (Lipinski definition) is 5. The summed E-state index contributed by atoms with van der Waals surface area (Å²) >= 11 is 0.